The summed E-state index contributed by atoms with van der Waals surface area (Å²) in [5, 5.41) is 7.98. The molecule has 2 heterocycles. The number of aryl methyl sites for hydroxylation is 2. The van der Waals surface area contributed by atoms with Crippen molar-refractivity contribution in [2.75, 3.05) is 6.54 Å². The highest BCUT2D eigenvalue weighted by Gasteiger charge is 2.35. The number of amides is 2. The van der Waals surface area contributed by atoms with E-state index in [2.05, 4.69) is 22.6 Å². The second kappa shape index (κ2) is 10.4. The van der Waals surface area contributed by atoms with Crippen LogP contribution in [0.5, 0.6) is 0 Å². The largest absolute Gasteiger partial charge is 0.334 e. The van der Waals surface area contributed by atoms with Crippen molar-refractivity contribution in [3.63, 3.8) is 0 Å². The molecular formula is C29H27ClN4O2. The highest BCUT2D eigenvalue weighted by Crippen LogP contribution is 2.38. The Balaban J connectivity index is 1.50. The Morgan fingerprint density at radius 3 is 2.58 bits per heavy atom. The first kappa shape index (κ1) is 23.8. The van der Waals surface area contributed by atoms with Gasteiger partial charge in [-0.15, -0.1) is 0 Å². The van der Waals surface area contributed by atoms with E-state index < -0.39 is 6.04 Å². The molecule has 7 heteroatoms. The summed E-state index contributed by atoms with van der Waals surface area (Å²) < 4.78 is 5.78. The topological polar surface area (TPSA) is 71.3 Å². The Bertz CT molecular complexity index is 1410. The van der Waals surface area contributed by atoms with Crippen LogP contribution in [0.3, 0.4) is 0 Å². The third-order valence-corrected chi connectivity index (χ3v) is 6.64. The van der Waals surface area contributed by atoms with Gasteiger partial charge in [-0.05, 0) is 56.0 Å². The summed E-state index contributed by atoms with van der Waals surface area (Å²) in [6, 6.07) is 25.1. The zero-order valence-corrected chi connectivity index (χ0v) is 21.0. The summed E-state index contributed by atoms with van der Waals surface area (Å²) in [5.74, 6) is 0.883. The minimum Gasteiger partial charge on any atom is -0.334 e. The van der Waals surface area contributed by atoms with Crippen LogP contribution < -0.4 is 5.32 Å². The molecule has 5 rings (SSSR count). The van der Waals surface area contributed by atoms with Gasteiger partial charge in [0.2, 0.25) is 5.82 Å². The number of hydrogen-bond acceptors (Lipinski definition) is 4. The van der Waals surface area contributed by atoms with E-state index in [1.807, 2.05) is 80.6 Å². The average Bonchev–Trinajstić information content (AvgIpc) is 3.36. The van der Waals surface area contributed by atoms with Crippen LogP contribution in [0, 0.1) is 6.92 Å². The van der Waals surface area contributed by atoms with Crippen LogP contribution in [0.1, 0.15) is 42.0 Å². The Morgan fingerprint density at radius 2 is 1.81 bits per heavy atom. The highest BCUT2D eigenvalue weighted by atomic mass is 35.5. The maximum atomic E-state index is 13.2. The van der Waals surface area contributed by atoms with E-state index in [-0.39, 0.29) is 6.03 Å². The van der Waals surface area contributed by atoms with Crippen molar-refractivity contribution < 1.29 is 9.32 Å². The molecule has 2 amide bonds. The molecule has 0 spiro atoms. The standard InChI is InChI=1S/C29H27ClN4O2/c1-19-9-6-14-23(17-19)27-32-28(36-33-27)25-20(2)34(16-8-12-21-10-4-3-5-11-21)29(35)31-26(25)22-13-7-15-24(30)18-22/h3-7,9-11,13-15,17-18,26H,8,12,16H2,1-2H3,(H,31,35). The summed E-state index contributed by atoms with van der Waals surface area (Å²) in [7, 11) is 0. The van der Waals surface area contributed by atoms with Gasteiger partial charge in [0.05, 0.1) is 11.6 Å². The molecule has 0 fully saturated rings. The molecule has 1 aromatic heterocycles. The number of nitrogens with one attached hydrogen (secondary N) is 1. The van der Waals surface area contributed by atoms with Crippen molar-refractivity contribution in [1.29, 1.82) is 0 Å². The molecule has 1 unspecified atom stereocenters. The van der Waals surface area contributed by atoms with E-state index in [1.165, 1.54) is 5.56 Å². The van der Waals surface area contributed by atoms with E-state index >= 15 is 0 Å². The van der Waals surface area contributed by atoms with Gasteiger partial charge in [0.25, 0.3) is 5.89 Å². The van der Waals surface area contributed by atoms with Gasteiger partial charge in [-0.3, -0.25) is 4.90 Å². The first-order valence-electron chi connectivity index (χ1n) is 12.0. The molecule has 36 heavy (non-hydrogen) atoms. The molecule has 4 aromatic rings. The van der Waals surface area contributed by atoms with E-state index in [4.69, 9.17) is 21.1 Å². The number of rotatable bonds is 7. The number of nitrogens with zero attached hydrogens (tertiary/aromatic N) is 3. The van der Waals surface area contributed by atoms with Crippen molar-refractivity contribution in [1.82, 2.24) is 20.4 Å². The van der Waals surface area contributed by atoms with E-state index in [0.29, 0.717) is 23.3 Å². The Hall–Kier alpha value is -3.90. The van der Waals surface area contributed by atoms with Crippen molar-refractivity contribution in [3.8, 4) is 11.4 Å². The molecule has 0 aliphatic carbocycles. The quantitative estimate of drug-likeness (QED) is 0.303. The number of hydrogen-bond donors (Lipinski definition) is 1. The van der Waals surface area contributed by atoms with Crippen molar-refractivity contribution in [3.05, 3.63) is 112 Å². The number of carbonyl (C=O) groups excluding carboxylic acids is 1. The molecule has 6 nitrogen and oxygen atoms in total. The minimum absolute atomic E-state index is 0.160. The first-order chi connectivity index (χ1) is 17.5. The molecule has 1 aliphatic heterocycles. The lowest BCUT2D eigenvalue weighted by molar-refractivity contribution is 0.204. The maximum Gasteiger partial charge on any atom is 0.322 e. The van der Waals surface area contributed by atoms with E-state index in [0.717, 1.165) is 40.8 Å². The van der Waals surface area contributed by atoms with Gasteiger partial charge < -0.3 is 9.84 Å². The van der Waals surface area contributed by atoms with Crippen LogP contribution in [0.25, 0.3) is 17.0 Å². The zero-order chi connectivity index (χ0) is 25.1. The van der Waals surface area contributed by atoms with Gasteiger partial charge in [-0.1, -0.05) is 83.0 Å². The van der Waals surface area contributed by atoms with Gasteiger partial charge in [0, 0.05) is 22.8 Å². The van der Waals surface area contributed by atoms with E-state index in [1.54, 1.807) is 4.90 Å². The molecule has 0 saturated heterocycles. The fourth-order valence-electron chi connectivity index (χ4n) is 4.58. The predicted molar refractivity (Wildman–Crippen MR) is 141 cm³/mol. The van der Waals surface area contributed by atoms with Crippen molar-refractivity contribution in [2.45, 2.75) is 32.7 Å². The third kappa shape index (κ3) is 5.04. The Kier molecular flexibility index (Phi) is 6.87. The zero-order valence-electron chi connectivity index (χ0n) is 20.2. The van der Waals surface area contributed by atoms with Crippen LogP contribution in [0.15, 0.2) is 89.1 Å². The maximum absolute atomic E-state index is 13.2. The molecule has 1 atom stereocenters. The lowest BCUT2D eigenvalue weighted by Gasteiger charge is -2.35. The first-order valence-corrected chi connectivity index (χ1v) is 12.4. The second-order valence-corrected chi connectivity index (χ2v) is 9.41. The third-order valence-electron chi connectivity index (χ3n) is 6.40. The fourth-order valence-corrected chi connectivity index (χ4v) is 4.78. The number of allylic oxidation sites excluding steroid dienone is 1. The van der Waals surface area contributed by atoms with Crippen molar-refractivity contribution >= 4 is 23.2 Å². The van der Waals surface area contributed by atoms with Gasteiger partial charge in [-0.25, -0.2) is 4.79 Å². The fraction of sp³-hybridized carbons (Fsp3) is 0.207. The van der Waals surface area contributed by atoms with Crippen LogP contribution in [-0.2, 0) is 6.42 Å². The van der Waals surface area contributed by atoms with Crippen LogP contribution in [0.4, 0.5) is 4.79 Å². The summed E-state index contributed by atoms with van der Waals surface area (Å²) in [4.78, 5) is 19.7. The smallest absolute Gasteiger partial charge is 0.322 e. The van der Waals surface area contributed by atoms with Gasteiger partial charge in [0.15, 0.2) is 0 Å². The Morgan fingerprint density at radius 1 is 1.00 bits per heavy atom. The number of urea groups is 1. The number of benzene rings is 3. The Labute approximate surface area is 215 Å². The molecule has 1 N–H and O–H groups in total. The van der Waals surface area contributed by atoms with Gasteiger partial charge in [-0.2, -0.15) is 4.98 Å². The number of aromatic nitrogens is 2. The molecule has 0 bridgehead atoms. The van der Waals surface area contributed by atoms with Crippen LogP contribution >= 0.6 is 11.6 Å². The minimum atomic E-state index is -0.465. The van der Waals surface area contributed by atoms with Crippen molar-refractivity contribution in [2.24, 2.45) is 0 Å². The van der Waals surface area contributed by atoms with Crippen LogP contribution in [0.2, 0.25) is 5.02 Å². The lowest BCUT2D eigenvalue weighted by Crippen LogP contribution is -2.46. The SMILES string of the molecule is CC1=C(c2nc(-c3cccc(C)c3)no2)C(c2cccc(Cl)c2)NC(=O)N1CCCc1ccccc1. The van der Waals surface area contributed by atoms with Gasteiger partial charge >= 0.3 is 6.03 Å². The number of halogens is 1. The highest BCUT2D eigenvalue weighted by molar-refractivity contribution is 6.30. The number of carbonyl (C=O) groups is 1. The molecular weight excluding hydrogens is 472 g/mol. The summed E-state index contributed by atoms with van der Waals surface area (Å²) in [6.45, 7) is 4.53. The molecule has 1 aliphatic rings. The average molecular weight is 499 g/mol. The summed E-state index contributed by atoms with van der Waals surface area (Å²) >= 11 is 6.29. The summed E-state index contributed by atoms with van der Waals surface area (Å²) in [6.07, 6.45) is 1.70. The molecule has 0 saturated carbocycles. The molecule has 3 aromatic carbocycles. The lowest BCUT2D eigenvalue weighted by atomic mass is 9.94. The van der Waals surface area contributed by atoms with E-state index in [9.17, 15) is 4.79 Å². The molecule has 182 valence electrons. The normalized spacial score (nSPS) is 15.8. The predicted octanol–water partition coefficient (Wildman–Crippen LogP) is 6.83. The van der Waals surface area contributed by atoms with Crippen LogP contribution in [-0.4, -0.2) is 27.6 Å². The second-order valence-electron chi connectivity index (χ2n) is 8.97. The molecule has 0 radical (unpaired) electrons. The summed E-state index contributed by atoms with van der Waals surface area (Å²) in [5.41, 5.74) is 5.64. The monoisotopic (exact) mass is 498 g/mol. The van der Waals surface area contributed by atoms with Gasteiger partial charge in [0.1, 0.15) is 0 Å².